The third-order valence-corrected chi connectivity index (χ3v) is 1.96. The number of carboxylic acids is 1. The van der Waals surface area contributed by atoms with Crippen LogP contribution in [0.5, 0.6) is 0 Å². The van der Waals surface area contributed by atoms with E-state index in [0.29, 0.717) is 0 Å². The largest absolute Gasteiger partial charge is 0.481 e. The van der Waals surface area contributed by atoms with Crippen LogP contribution in [0.4, 0.5) is 0 Å². The minimum atomic E-state index is -3.74. The molecule has 0 fully saturated rings. The van der Waals surface area contributed by atoms with E-state index < -0.39 is 13.7 Å². The van der Waals surface area contributed by atoms with Gasteiger partial charge >= 0.3 is 13.7 Å². The Kier molecular flexibility index (Phi) is 4.29. The quantitative estimate of drug-likeness (QED) is 0.510. The first kappa shape index (κ1) is 10.6. The molecule has 3 N–H and O–H groups in total. The fourth-order valence-electron chi connectivity index (χ4n) is 0.321. The van der Waals surface area contributed by atoms with E-state index in [0.717, 1.165) is 0 Å². The van der Waals surface area contributed by atoms with E-state index in [-0.39, 0.29) is 13.0 Å². The minimum Gasteiger partial charge on any atom is -0.481 e. The predicted octanol–water partition coefficient (Wildman–Crippen LogP) is -0.203. The zero-order valence-electron chi connectivity index (χ0n) is 5.98. The van der Waals surface area contributed by atoms with Crippen LogP contribution in [0, 0.1) is 0 Å². The molecule has 1 atom stereocenters. The topological polar surface area (TPSA) is 95.9 Å². The molecule has 0 aromatic carbocycles. The Morgan fingerprint density at radius 2 is 2.27 bits per heavy atom. The van der Waals surface area contributed by atoms with Gasteiger partial charge < -0.3 is 10.00 Å². The molecule has 7 heteroatoms. The van der Waals surface area contributed by atoms with Crippen molar-refractivity contribution < 1.29 is 23.9 Å². The van der Waals surface area contributed by atoms with Crippen LogP contribution >= 0.6 is 7.75 Å². The van der Waals surface area contributed by atoms with Crippen molar-refractivity contribution in [3.05, 3.63) is 0 Å². The molecule has 1 unspecified atom stereocenters. The molecular weight excluding hydrogens is 173 g/mol. The molecule has 0 bridgehead atoms. The first-order valence-corrected chi connectivity index (χ1v) is 4.44. The van der Waals surface area contributed by atoms with Crippen molar-refractivity contribution in [1.29, 1.82) is 0 Å². The highest BCUT2D eigenvalue weighted by Crippen LogP contribution is 2.35. The summed E-state index contributed by atoms with van der Waals surface area (Å²) in [5.41, 5.74) is 0. The molecule has 0 aromatic heterocycles. The number of nitrogens with one attached hydrogen (secondary N) is 1. The van der Waals surface area contributed by atoms with E-state index in [9.17, 15) is 9.36 Å². The molecular formula is C4H10NO5P. The van der Waals surface area contributed by atoms with Crippen molar-refractivity contribution in [2.45, 2.75) is 6.42 Å². The Morgan fingerprint density at radius 1 is 1.73 bits per heavy atom. The fraction of sp³-hybridized carbons (Fsp3) is 0.750. The summed E-state index contributed by atoms with van der Waals surface area (Å²) in [6.45, 7) is -0.274. The summed E-state index contributed by atoms with van der Waals surface area (Å²) in [5, 5.41) is 10.1. The SMILES string of the molecule is CNP(=O)(O)OCCC(=O)O. The summed E-state index contributed by atoms with van der Waals surface area (Å²) in [7, 11) is -2.49. The molecule has 0 radical (unpaired) electrons. The van der Waals surface area contributed by atoms with Crippen LogP contribution in [-0.4, -0.2) is 29.6 Å². The van der Waals surface area contributed by atoms with Crippen LogP contribution in [0.2, 0.25) is 0 Å². The number of rotatable bonds is 5. The van der Waals surface area contributed by atoms with Gasteiger partial charge in [0.1, 0.15) is 0 Å². The smallest absolute Gasteiger partial charge is 0.402 e. The fourth-order valence-corrected chi connectivity index (χ4v) is 0.789. The summed E-state index contributed by atoms with van der Waals surface area (Å²) in [4.78, 5) is 18.6. The lowest BCUT2D eigenvalue weighted by Gasteiger charge is -2.08. The number of hydrogen-bond donors (Lipinski definition) is 3. The van der Waals surface area contributed by atoms with Gasteiger partial charge in [-0.05, 0) is 7.05 Å². The highest BCUT2D eigenvalue weighted by Gasteiger charge is 2.15. The molecule has 0 rings (SSSR count). The maximum Gasteiger partial charge on any atom is 0.402 e. The molecule has 0 spiro atoms. The lowest BCUT2D eigenvalue weighted by atomic mass is 10.5. The Bertz CT molecular complexity index is 181. The second-order valence-electron chi connectivity index (χ2n) is 1.72. The lowest BCUT2D eigenvalue weighted by molar-refractivity contribution is -0.137. The summed E-state index contributed by atoms with van der Waals surface area (Å²) >= 11 is 0. The van der Waals surface area contributed by atoms with Crippen LogP contribution in [0.3, 0.4) is 0 Å². The van der Waals surface area contributed by atoms with Crippen molar-refractivity contribution in [3.63, 3.8) is 0 Å². The highest BCUT2D eigenvalue weighted by molar-refractivity contribution is 7.50. The van der Waals surface area contributed by atoms with Crippen molar-refractivity contribution in [1.82, 2.24) is 5.09 Å². The molecule has 0 saturated heterocycles. The van der Waals surface area contributed by atoms with E-state index >= 15 is 0 Å². The Morgan fingerprint density at radius 3 is 2.64 bits per heavy atom. The van der Waals surface area contributed by atoms with Crippen LogP contribution < -0.4 is 5.09 Å². The Hall–Kier alpha value is -0.420. The standard InChI is InChI=1S/C4H10NO5P/c1-5-11(8,9)10-3-2-4(6)7/h2-3H2,1H3,(H,6,7)(H2,5,8,9). The van der Waals surface area contributed by atoms with Gasteiger partial charge in [0.25, 0.3) is 0 Å². The van der Waals surface area contributed by atoms with E-state index in [4.69, 9.17) is 10.00 Å². The van der Waals surface area contributed by atoms with Crippen LogP contribution in [0.25, 0.3) is 0 Å². The van der Waals surface area contributed by atoms with Gasteiger partial charge in [-0.25, -0.2) is 9.65 Å². The van der Waals surface area contributed by atoms with Gasteiger partial charge in [0, 0.05) is 0 Å². The molecule has 0 amide bonds. The van der Waals surface area contributed by atoms with Crippen molar-refractivity contribution in [2.24, 2.45) is 0 Å². The lowest BCUT2D eigenvalue weighted by Crippen LogP contribution is -2.08. The number of aliphatic carboxylic acids is 1. The molecule has 0 aromatic rings. The zero-order chi connectivity index (χ0) is 8.91. The van der Waals surface area contributed by atoms with Gasteiger partial charge in [0.2, 0.25) is 0 Å². The van der Waals surface area contributed by atoms with Crippen molar-refractivity contribution in [3.8, 4) is 0 Å². The highest BCUT2D eigenvalue weighted by atomic mass is 31.2. The first-order chi connectivity index (χ1) is 4.98. The normalized spacial score (nSPS) is 15.8. The van der Waals surface area contributed by atoms with Gasteiger partial charge in [-0.1, -0.05) is 0 Å². The molecule has 0 heterocycles. The Labute approximate surface area is 63.8 Å². The molecule has 0 aliphatic rings. The van der Waals surface area contributed by atoms with Gasteiger partial charge in [-0.15, -0.1) is 0 Å². The Balaban J connectivity index is 3.54. The second kappa shape index (κ2) is 4.46. The van der Waals surface area contributed by atoms with Gasteiger partial charge in [0.15, 0.2) is 0 Å². The average molecular weight is 183 g/mol. The van der Waals surface area contributed by atoms with Gasteiger partial charge in [-0.3, -0.25) is 9.32 Å². The molecule has 66 valence electrons. The molecule has 6 nitrogen and oxygen atoms in total. The van der Waals surface area contributed by atoms with Crippen LogP contribution in [-0.2, 0) is 13.9 Å². The third kappa shape index (κ3) is 6.00. The van der Waals surface area contributed by atoms with Crippen LogP contribution in [0.1, 0.15) is 6.42 Å². The summed E-state index contributed by atoms with van der Waals surface area (Å²) in [5.74, 6) is -1.07. The maximum atomic E-state index is 10.6. The number of carbonyl (C=O) groups is 1. The van der Waals surface area contributed by atoms with E-state index in [1.54, 1.807) is 0 Å². The van der Waals surface area contributed by atoms with Crippen molar-refractivity contribution in [2.75, 3.05) is 13.7 Å². The summed E-state index contributed by atoms with van der Waals surface area (Å²) in [6.07, 6.45) is -0.285. The monoisotopic (exact) mass is 183 g/mol. The molecule has 0 aliphatic heterocycles. The average Bonchev–Trinajstić information content (AvgIpc) is 1.87. The van der Waals surface area contributed by atoms with Crippen molar-refractivity contribution >= 4 is 13.7 Å². The summed E-state index contributed by atoms with van der Waals surface area (Å²) < 4.78 is 14.9. The predicted molar refractivity (Wildman–Crippen MR) is 37.1 cm³/mol. The molecule has 0 saturated carbocycles. The zero-order valence-corrected chi connectivity index (χ0v) is 6.88. The molecule has 0 aliphatic carbocycles. The van der Waals surface area contributed by atoms with E-state index in [1.807, 2.05) is 5.09 Å². The van der Waals surface area contributed by atoms with Gasteiger partial charge in [0.05, 0.1) is 13.0 Å². The number of carboxylic acid groups (broad SMARTS) is 1. The minimum absolute atomic E-state index is 0.274. The maximum absolute atomic E-state index is 10.6. The summed E-state index contributed by atoms with van der Waals surface area (Å²) in [6, 6.07) is 0. The van der Waals surface area contributed by atoms with Gasteiger partial charge in [-0.2, -0.15) is 0 Å². The van der Waals surface area contributed by atoms with E-state index in [2.05, 4.69) is 4.52 Å². The first-order valence-electron chi connectivity index (χ1n) is 2.86. The molecule has 11 heavy (non-hydrogen) atoms. The third-order valence-electron chi connectivity index (χ3n) is 0.865. The second-order valence-corrected chi connectivity index (χ2v) is 3.47. The van der Waals surface area contributed by atoms with Crippen LogP contribution in [0.15, 0.2) is 0 Å². The number of hydrogen-bond acceptors (Lipinski definition) is 3. The van der Waals surface area contributed by atoms with E-state index in [1.165, 1.54) is 7.05 Å².